The third-order valence-corrected chi connectivity index (χ3v) is 5.34. The number of hydrogen-bond donors (Lipinski definition) is 0. The molecule has 1 aliphatic rings. The molecule has 5 nitrogen and oxygen atoms in total. The van der Waals surface area contributed by atoms with Gasteiger partial charge in [0.05, 0.1) is 10.9 Å². The van der Waals surface area contributed by atoms with Crippen LogP contribution < -0.4 is 5.56 Å². The Balaban J connectivity index is 1.43. The van der Waals surface area contributed by atoms with Crippen molar-refractivity contribution in [3.05, 3.63) is 82.4 Å². The second-order valence-corrected chi connectivity index (χ2v) is 7.09. The smallest absolute Gasteiger partial charge is 0.261 e. The molecule has 0 atom stereocenters. The molecule has 1 amide bonds. The van der Waals surface area contributed by atoms with E-state index in [1.165, 1.54) is 11.1 Å². The first-order valence-electron chi connectivity index (χ1n) is 9.60. The van der Waals surface area contributed by atoms with Crippen LogP contribution in [0.3, 0.4) is 0 Å². The summed E-state index contributed by atoms with van der Waals surface area (Å²) in [4.78, 5) is 31.6. The second kappa shape index (κ2) is 7.80. The summed E-state index contributed by atoms with van der Waals surface area (Å²) in [5.74, 6) is 0.750. The van der Waals surface area contributed by atoms with Gasteiger partial charge in [-0.3, -0.25) is 14.2 Å². The van der Waals surface area contributed by atoms with E-state index in [2.05, 4.69) is 23.2 Å². The van der Waals surface area contributed by atoms with E-state index in [0.29, 0.717) is 36.1 Å². The van der Waals surface area contributed by atoms with Crippen molar-refractivity contribution < 1.29 is 4.79 Å². The van der Waals surface area contributed by atoms with Gasteiger partial charge in [0, 0.05) is 33.0 Å². The molecule has 0 saturated carbocycles. The second-order valence-electron chi connectivity index (χ2n) is 7.09. The molecule has 142 valence electrons. The number of fused-ring (bicyclic) bond motifs is 1. The monoisotopic (exact) mass is 373 g/mol. The summed E-state index contributed by atoms with van der Waals surface area (Å²) in [5.41, 5.74) is 3.14. The molecular formula is C23H23N3O2. The lowest BCUT2D eigenvalue weighted by Crippen LogP contribution is -2.35. The molecular weight excluding hydrogens is 350 g/mol. The van der Waals surface area contributed by atoms with Crippen molar-refractivity contribution in [1.82, 2.24) is 14.5 Å². The molecule has 0 aliphatic carbocycles. The van der Waals surface area contributed by atoms with Crippen LogP contribution in [-0.4, -0.2) is 33.4 Å². The predicted octanol–water partition coefficient (Wildman–Crippen LogP) is 3.18. The number of aryl methyl sites for hydroxylation is 1. The minimum Gasteiger partial charge on any atom is -0.339 e. The van der Waals surface area contributed by atoms with Gasteiger partial charge in [-0.1, -0.05) is 48.5 Å². The number of carbonyl (C=O) groups excluding carboxylic acids is 1. The van der Waals surface area contributed by atoms with E-state index in [0.717, 1.165) is 13.0 Å². The Kier molecular flexibility index (Phi) is 5.06. The fraction of sp³-hybridized carbons (Fsp3) is 0.261. The van der Waals surface area contributed by atoms with Crippen molar-refractivity contribution in [2.24, 2.45) is 7.05 Å². The number of hydrogen-bond acceptors (Lipinski definition) is 3. The standard InChI is InChI=1S/C23H23N3O2/c1-25-21(24-20-10-6-5-9-19(20)23(25)28)11-12-22(27)26-15-13-18(14-16-26)17-7-3-2-4-8-17/h2-10,13H,11-12,14-16H2,1H3. The van der Waals surface area contributed by atoms with Gasteiger partial charge in [0.25, 0.3) is 5.56 Å². The van der Waals surface area contributed by atoms with Crippen LogP contribution in [0.1, 0.15) is 24.2 Å². The number of amides is 1. The van der Waals surface area contributed by atoms with E-state index < -0.39 is 0 Å². The Hall–Kier alpha value is -3.21. The first-order chi connectivity index (χ1) is 13.6. The van der Waals surface area contributed by atoms with Crippen molar-refractivity contribution in [2.75, 3.05) is 13.1 Å². The van der Waals surface area contributed by atoms with Crippen LogP contribution in [0.15, 0.2) is 65.5 Å². The molecule has 1 aromatic heterocycles. The third kappa shape index (κ3) is 3.60. The maximum atomic E-state index is 12.7. The Morgan fingerprint density at radius 1 is 1.07 bits per heavy atom. The number of para-hydroxylation sites is 1. The molecule has 4 rings (SSSR count). The highest BCUT2D eigenvalue weighted by atomic mass is 16.2. The van der Waals surface area contributed by atoms with Crippen LogP contribution in [0, 0.1) is 0 Å². The summed E-state index contributed by atoms with van der Waals surface area (Å²) in [6.07, 6.45) is 3.82. The van der Waals surface area contributed by atoms with E-state index in [1.54, 1.807) is 17.7 Å². The van der Waals surface area contributed by atoms with Gasteiger partial charge in [-0.25, -0.2) is 4.98 Å². The molecule has 5 heteroatoms. The van der Waals surface area contributed by atoms with Gasteiger partial charge in [-0.2, -0.15) is 0 Å². The molecule has 0 bridgehead atoms. The van der Waals surface area contributed by atoms with Crippen LogP contribution >= 0.6 is 0 Å². The van der Waals surface area contributed by atoms with E-state index >= 15 is 0 Å². The number of aromatic nitrogens is 2. The Morgan fingerprint density at radius 2 is 1.82 bits per heavy atom. The third-order valence-electron chi connectivity index (χ3n) is 5.34. The van der Waals surface area contributed by atoms with Crippen molar-refractivity contribution in [3.63, 3.8) is 0 Å². The summed E-state index contributed by atoms with van der Waals surface area (Å²) in [6.45, 7) is 1.36. The highest BCUT2D eigenvalue weighted by Crippen LogP contribution is 2.22. The van der Waals surface area contributed by atoms with Crippen LogP contribution in [0.2, 0.25) is 0 Å². The minimum atomic E-state index is -0.0681. The predicted molar refractivity (Wildman–Crippen MR) is 111 cm³/mol. The molecule has 1 aliphatic heterocycles. The maximum Gasteiger partial charge on any atom is 0.261 e. The van der Waals surface area contributed by atoms with Gasteiger partial charge >= 0.3 is 0 Å². The van der Waals surface area contributed by atoms with Crippen LogP contribution in [0.4, 0.5) is 0 Å². The zero-order valence-corrected chi connectivity index (χ0v) is 16.0. The summed E-state index contributed by atoms with van der Waals surface area (Å²) in [5, 5.41) is 0.606. The summed E-state index contributed by atoms with van der Waals surface area (Å²) >= 11 is 0. The van der Waals surface area contributed by atoms with Gasteiger partial charge < -0.3 is 4.90 Å². The molecule has 28 heavy (non-hydrogen) atoms. The molecule has 0 saturated heterocycles. The van der Waals surface area contributed by atoms with Crippen molar-refractivity contribution >= 4 is 22.4 Å². The summed E-state index contributed by atoms with van der Waals surface area (Å²) in [6, 6.07) is 17.6. The molecule has 0 unspecified atom stereocenters. The average Bonchev–Trinajstić information content (AvgIpc) is 2.76. The largest absolute Gasteiger partial charge is 0.339 e. The van der Waals surface area contributed by atoms with E-state index in [-0.39, 0.29) is 11.5 Å². The summed E-state index contributed by atoms with van der Waals surface area (Å²) < 4.78 is 1.55. The van der Waals surface area contributed by atoms with Crippen LogP contribution in [0.25, 0.3) is 16.5 Å². The van der Waals surface area contributed by atoms with Crippen molar-refractivity contribution in [2.45, 2.75) is 19.3 Å². The zero-order chi connectivity index (χ0) is 19.5. The quantitative estimate of drug-likeness (QED) is 0.706. The number of benzene rings is 2. The molecule has 3 aromatic rings. The molecule has 0 spiro atoms. The minimum absolute atomic E-state index is 0.0681. The Labute approximate surface area is 163 Å². The average molecular weight is 373 g/mol. The number of carbonyl (C=O) groups is 1. The van der Waals surface area contributed by atoms with Crippen molar-refractivity contribution in [3.8, 4) is 0 Å². The number of rotatable bonds is 4. The first kappa shape index (κ1) is 18.2. The zero-order valence-electron chi connectivity index (χ0n) is 16.0. The van der Waals surface area contributed by atoms with Gasteiger partial charge in [-0.05, 0) is 29.7 Å². The van der Waals surface area contributed by atoms with Gasteiger partial charge in [0.2, 0.25) is 5.91 Å². The SMILES string of the molecule is Cn1c(CCC(=O)N2CC=C(c3ccccc3)CC2)nc2ccccc2c1=O. The maximum absolute atomic E-state index is 12.7. The molecule has 2 aromatic carbocycles. The number of nitrogens with zero attached hydrogens (tertiary/aromatic N) is 3. The topological polar surface area (TPSA) is 55.2 Å². The van der Waals surface area contributed by atoms with Gasteiger partial charge in [0.1, 0.15) is 5.82 Å². The first-order valence-corrected chi connectivity index (χ1v) is 9.60. The Morgan fingerprint density at radius 3 is 2.57 bits per heavy atom. The van der Waals surface area contributed by atoms with E-state index in [9.17, 15) is 9.59 Å². The van der Waals surface area contributed by atoms with Crippen LogP contribution in [0.5, 0.6) is 0 Å². The van der Waals surface area contributed by atoms with E-state index in [1.807, 2.05) is 41.3 Å². The lowest BCUT2D eigenvalue weighted by atomic mass is 9.99. The fourth-order valence-corrected chi connectivity index (χ4v) is 3.67. The van der Waals surface area contributed by atoms with Gasteiger partial charge in [-0.15, -0.1) is 0 Å². The normalized spacial score (nSPS) is 14.2. The molecule has 2 heterocycles. The van der Waals surface area contributed by atoms with Gasteiger partial charge in [0.15, 0.2) is 0 Å². The Bertz CT molecular complexity index is 1100. The fourth-order valence-electron chi connectivity index (χ4n) is 3.67. The highest BCUT2D eigenvalue weighted by molar-refractivity contribution is 5.79. The molecule has 0 N–H and O–H groups in total. The lowest BCUT2D eigenvalue weighted by molar-refractivity contribution is -0.130. The highest BCUT2D eigenvalue weighted by Gasteiger charge is 2.18. The van der Waals surface area contributed by atoms with E-state index in [4.69, 9.17) is 0 Å². The molecule has 0 fully saturated rings. The van der Waals surface area contributed by atoms with Crippen molar-refractivity contribution in [1.29, 1.82) is 0 Å². The lowest BCUT2D eigenvalue weighted by Gasteiger charge is -2.27. The molecule has 0 radical (unpaired) electrons. The summed E-state index contributed by atoms with van der Waals surface area (Å²) in [7, 11) is 1.72. The van der Waals surface area contributed by atoms with Crippen LogP contribution in [-0.2, 0) is 18.3 Å².